The number of fused-ring (bicyclic) bond motifs is 1. The van der Waals surface area contributed by atoms with Crippen molar-refractivity contribution >= 4 is 11.2 Å². The van der Waals surface area contributed by atoms with Gasteiger partial charge in [-0.25, -0.2) is 4.98 Å². The second kappa shape index (κ2) is 3.05. The standard InChI is InChI=1S/C9H11N3O/c1-3-13-9-11-7-6(2)4-5-10-8(7)12-9/h4-5H,3H2,1-2H3,(H,10,11,12). The Balaban J connectivity index is 2.55. The molecule has 2 heterocycles. The third-order valence-electron chi connectivity index (χ3n) is 1.86. The van der Waals surface area contributed by atoms with Crippen LogP contribution in [0, 0.1) is 6.92 Å². The molecule has 0 amide bonds. The van der Waals surface area contributed by atoms with Crippen molar-refractivity contribution in [3.8, 4) is 6.01 Å². The molecular weight excluding hydrogens is 166 g/mol. The molecule has 0 aliphatic carbocycles. The van der Waals surface area contributed by atoms with Gasteiger partial charge in [-0.15, -0.1) is 0 Å². The first-order valence-electron chi connectivity index (χ1n) is 4.25. The lowest BCUT2D eigenvalue weighted by atomic mass is 10.3. The average Bonchev–Trinajstić information content (AvgIpc) is 2.49. The van der Waals surface area contributed by atoms with Gasteiger partial charge in [-0.3, -0.25) is 0 Å². The zero-order chi connectivity index (χ0) is 9.26. The maximum absolute atomic E-state index is 5.24. The summed E-state index contributed by atoms with van der Waals surface area (Å²) >= 11 is 0. The third kappa shape index (κ3) is 1.35. The molecule has 0 aliphatic heterocycles. The van der Waals surface area contributed by atoms with E-state index in [1.807, 2.05) is 19.9 Å². The number of hydrogen-bond acceptors (Lipinski definition) is 3. The number of rotatable bonds is 2. The molecular formula is C9H11N3O. The van der Waals surface area contributed by atoms with Crippen LogP contribution in [0.25, 0.3) is 11.2 Å². The minimum absolute atomic E-state index is 0.541. The highest BCUT2D eigenvalue weighted by Crippen LogP contribution is 2.16. The fourth-order valence-corrected chi connectivity index (χ4v) is 1.22. The molecule has 0 fully saturated rings. The lowest BCUT2D eigenvalue weighted by Gasteiger charge is -1.93. The van der Waals surface area contributed by atoms with E-state index in [1.165, 1.54) is 0 Å². The van der Waals surface area contributed by atoms with Crippen molar-refractivity contribution in [2.24, 2.45) is 0 Å². The molecule has 13 heavy (non-hydrogen) atoms. The molecule has 0 bridgehead atoms. The minimum Gasteiger partial charge on any atom is -0.465 e. The maximum Gasteiger partial charge on any atom is 0.296 e. The van der Waals surface area contributed by atoms with Gasteiger partial charge in [0.1, 0.15) is 0 Å². The fraction of sp³-hybridized carbons (Fsp3) is 0.333. The van der Waals surface area contributed by atoms with Crippen molar-refractivity contribution in [3.63, 3.8) is 0 Å². The highest BCUT2D eigenvalue weighted by molar-refractivity contribution is 5.74. The Labute approximate surface area is 76.0 Å². The molecule has 2 rings (SSSR count). The summed E-state index contributed by atoms with van der Waals surface area (Å²) in [4.78, 5) is 11.4. The van der Waals surface area contributed by atoms with Crippen LogP contribution in [-0.2, 0) is 0 Å². The molecule has 4 heteroatoms. The van der Waals surface area contributed by atoms with Crippen LogP contribution in [0.5, 0.6) is 6.01 Å². The topological polar surface area (TPSA) is 50.8 Å². The van der Waals surface area contributed by atoms with Crippen molar-refractivity contribution in [1.82, 2.24) is 15.0 Å². The number of hydrogen-bond donors (Lipinski definition) is 1. The van der Waals surface area contributed by atoms with Crippen LogP contribution >= 0.6 is 0 Å². The summed E-state index contributed by atoms with van der Waals surface area (Å²) in [5.41, 5.74) is 2.79. The number of nitrogens with one attached hydrogen (secondary N) is 1. The number of ether oxygens (including phenoxy) is 1. The van der Waals surface area contributed by atoms with Crippen molar-refractivity contribution < 1.29 is 4.74 Å². The lowest BCUT2D eigenvalue weighted by molar-refractivity contribution is 0.317. The summed E-state index contributed by atoms with van der Waals surface area (Å²) in [6, 6.07) is 2.48. The predicted molar refractivity (Wildman–Crippen MR) is 49.8 cm³/mol. The van der Waals surface area contributed by atoms with E-state index in [0.29, 0.717) is 18.3 Å². The monoisotopic (exact) mass is 177 g/mol. The van der Waals surface area contributed by atoms with E-state index < -0.39 is 0 Å². The summed E-state index contributed by atoms with van der Waals surface area (Å²) in [6.45, 7) is 4.55. The van der Waals surface area contributed by atoms with Gasteiger partial charge in [0.2, 0.25) is 0 Å². The highest BCUT2D eigenvalue weighted by atomic mass is 16.5. The Morgan fingerprint density at radius 2 is 2.38 bits per heavy atom. The van der Waals surface area contributed by atoms with Gasteiger partial charge in [-0.1, -0.05) is 0 Å². The fourth-order valence-electron chi connectivity index (χ4n) is 1.22. The first-order valence-corrected chi connectivity index (χ1v) is 4.25. The summed E-state index contributed by atoms with van der Waals surface area (Å²) in [5, 5.41) is 0. The van der Waals surface area contributed by atoms with Crippen LogP contribution in [-0.4, -0.2) is 21.6 Å². The van der Waals surface area contributed by atoms with Gasteiger partial charge in [0.15, 0.2) is 5.65 Å². The number of imidazole rings is 1. The van der Waals surface area contributed by atoms with Crippen LogP contribution in [0.1, 0.15) is 12.5 Å². The van der Waals surface area contributed by atoms with Gasteiger partial charge in [0.25, 0.3) is 6.01 Å². The van der Waals surface area contributed by atoms with E-state index in [2.05, 4.69) is 15.0 Å². The van der Waals surface area contributed by atoms with Gasteiger partial charge in [0, 0.05) is 6.20 Å². The molecule has 0 atom stereocenters. The molecule has 0 saturated carbocycles. The molecule has 0 spiro atoms. The van der Waals surface area contributed by atoms with Gasteiger partial charge in [-0.05, 0) is 25.5 Å². The summed E-state index contributed by atoms with van der Waals surface area (Å²) in [6.07, 6.45) is 1.74. The first kappa shape index (κ1) is 8.04. The molecule has 0 unspecified atom stereocenters. The van der Waals surface area contributed by atoms with E-state index in [9.17, 15) is 0 Å². The predicted octanol–water partition coefficient (Wildman–Crippen LogP) is 1.67. The van der Waals surface area contributed by atoms with Crippen molar-refractivity contribution in [1.29, 1.82) is 0 Å². The Bertz CT molecular complexity index is 422. The van der Waals surface area contributed by atoms with E-state index in [1.54, 1.807) is 6.20 Å². The van der Waals surface area contributed by atoms with Crippen LogP contribution in [0.2, 0.25) is 0 Å². The molecule has 0 aliphatic rings. The molecule has 2 aromatic heterocycles. The Kier molecular flexibility index (Phi) is 1.88. The molecule has 0 radical (unpaired) electrons. The van der Waals surface area contributed by atoms with E-state index in [-0.39, 0.29) is 0 Å². The van der Waals surface area contributed by atoms with Crippen molar-refractivity contribution in [2.75, 3.05) is 6.61 Å². The molecule has 1 N–H and O–H groups in total. The molecule has 4 nitrogen and oxygen atoms in total. The largest absolute Gasteiger partial charge is 0.465 e. The smallest absolute Gasteiger partial charge is 0.296 e. The zero-order valence-corrected chi connectivity index (χ0v) is 7.66. The number of nitrogens with zero attached hydrogens (tertiary/aromatic N) is 2. The van der Waals surface area contributed by atoms with Crippen LogP contribution in [0.3, 0.4) is 0 Å². The number of H-pyrrole nitrogens is 1. The Morgan fingerprint density at radius 1 is 1.54 bits per heavy atom. The van der Waals surface area contributed by atoms with Crippen LogP contribution in [0.4, 0.5) is 0 Å². The quantitative estimate of drug-likeness (QED) is 0.759. The Hall–Kier alpha value is -1.58. The second-order valence-electron chi connectivity index (χ2n) is 2.80. The van der Waals surface area contributed by atoms with Crippen LogP contribution in [0.15, 0.2) is 12.3 Å². The van der Waals surface area contributed by atoms with Crippen molar-refractivity contribution in [3.05, 3.63) is 17.8 Å². The lowest BCUT2D eigenvalue weighted by Crippen LogP contribution is -1.92. The molecule has 0 aromatic carbocycles. The number of aromatic nitrogens is 3. The molecule has 2 aromatic rings. The number of pyridine rings is 1. The van der Waals surface area contributed by atoms with Gasteiger partial charge >= 0.3 is 0 Å². The van der Waals surface area contributed by atoms with Crippen molar-refractivity contribution in [2.45, 2.75) is 13.8 Å². The van der Waals surface area contributed by atoms with Gasteiger partial charge < -0.3 is 9.72 Å². The van der Waals surface area contributed by atoms with E-state index in [0.717, 1.165) is 11.1 Å². The summed E-state index contributed by atoms with van der Waals surface area (Å²) < 4.78 is 5.24. The second-order valence-corrected chi connectivity index (χ2v) is 2.80. The SMILES string of the molecule is CCOc1nc2nccc(C)c2[nH]1. The van der Waals surface area contributed by atoms with Crippen LogP contribution < -0.4 is 4.74 Å². The summed E-state index contributed by atoms with van der Waals surface area (Å²) in [7, 11) is 0. The highest BCUT2D eigenvalue weighted by Gasteiger charge is 2.04. The van der Waals surface area contributed by atoms with E-state index >= 15 is 0 Å². The Morgan fingerprint density at radius 3 is 3.08 bits per heavy atom. The maximum atomic E-state index is 5.24. The normalized spacial score (nSPS) is 10.6. The summed E-state index contributed by atoms with van der Waals surface area (Å²) in [5.74, 6) is 0. The third-order valence-corrected chi connectivity index (χ3v) is 1.86. The zero-order valence-electron chi connectivity index (χ0n) is 7.66. The van der Waals surface area contributed by atoms with E-state index in [4.69, 9.17) is 4.74 Å². The molecule has 0 saturated heterocycles. The number of aryl methyl sites for hydroxylation is 1. The van der Waals surface area contributed by atoms with Gasteiger partial charge in [0.05, 0.1) is 12.1 Å². The number of aromatic amines is 1. The minimum atomic E-state index is 0.541. The van der Waals surface area contributed by atoms with Gasteiger partial charge in [-0.2, -0.15) is 4.98 Å². The molecule has 68 valence electrons. The first-order chi connectivity index (χ1) is 6.31. The average molecular weight is 177 g/mol.